The van der Waals surface area contributed by atoms with Crippen LogP contribution in [0.2, 0.25) is 0 Å². The van der Waals surface area contributed by atoms with Gasteiger partial charge in [-0.25, -0.2) is 0 Å². The highest BCUT2D eigenvalue weighted by Crippen LogP contribution is 2.19. The molecule has 3 N–H and O–H groups in total. The Morgan fingerprint density at radius 2 is 2.04 bits per heavy atom. The number of hydrogen-bond donors (Lipinski definition) is 3. The molecule has 0 amide bonds. The number of aliphatic imine (C=N–C) groups is 1. The number of rotatable bonds is 7. The highest BCUT2D eigenvalue weighted by molar-refractivity contribution is 9.10. The van der Waals surface area contributed by atoms with Gasteiger partial charge in [-0.15, -0.1) is 0 Å². The number of aliphatic hydroxyl groups is 1. The van der Waals surface area contributed by atoms with Crippen molar-refractivity contribution in [2.75, 3.05) is 13.1 Å². The molecule has 0 bridgehead atoms. The Bertz CT molecular complexity index is 541. The largest absolute Gasteiger partial charge is 0.393 e. The Morgan fingerprint density at radius 3 is 2.68 bits per heavy atom. The second-order valence-corrected chi connectivity index (χ2v) is 7.89. The third-order valence-electron chi connectivity index (χ3n) is 4.88. The molecule has 1 aliphatic carbocycles. The summed E-state index contributed by atoms with van der Waals surface area (Å²) in [6.45, 7) is 6.03. The molecule has 0 saturated heterocycles. The number of halogens is 1. The van der Waals surface area contributed by atoms with Crippen LogP contribution in [-0.2, 0) is 6.42 Å². The lowest BCUT2D eigenvalue weighted by Gasteiger charge is -2.28. The maximum absolute atomic E-state index is 9.66. The highest BCUT2D eigenvalue weighted by Gasteiger charge is 2.20. The molecule has 0 radical (unpaired) electrons. The minimum absolute atomic E-state index is 0.118. The zero-order valence-corrected chi connectivity index (χ0v) is 17.1. The van der Waals surface area contributed by atoms with Gasteiger partial charge in [0, 0.05) is 23.6 Å². The number of aliphatic hydroxyl groups excluding tert-OH is 1. The first-order chi connectivity index (χ1) is 12.1. The van der Waals surface area contributed by atoms with Crippen molar-refractivity contribution in [2.24, 2.45) is 10.9 Å². The summed E-state index contributed by atoms with van der Waals surface area (Å²) in [4.78, 5) is 4.84. The van der Waals surface area contributed by atoms with E-state index < -0.39 is 0 Å². The Kier molecular flexibility index (Phi) is 8.76. The molecule has 1 atom stereocenters. The third kappa shape index (κ3) is 7.37. The molecular weight excluding hydrogens is 378 g/mol. The van der Waals surface area contributed by atoms with Crippen LogP contribution in [0.4, 0.5) is 0 Å². The number of guanidine groups is 1. The second-order valence-electron chi connectivity index (χ2n) is 6.98. The molecule has 140 valence electrons. The summed E-state index contributed by atoms with van der Waals surface area (Å²) in [5.41, 5.74) is 1.36. The van der Waals surface area contributed by atoms with Crippen LogP contribution in [0.1, 0.15) is 51.5 Å². The molecule has 2 rings (SSSR count). The van der Waals surface area contributed by atoms with Crippen LogP contribution in [-0.4, -0.2) is 36.3 Å². The number of hydrogen-bond acceptors (Lipinski definition) is 2. The lowest BCUT2D eigenvalue weighted by Crippen LogP contribution is -2.45. The van der Waals surface area contributed by atoms with Crippen molar-refractivity contribution < 1.29 is 5.11 Å². The van der Waals surface area contributed by atoms with E-state index in [0.29, 0.717) is 12.0 Å². The van der Waals surface area contributed by atoms with E-state index in [0.717, 1.165) is 62.0 Å². The highest BCUT2D eigenvalue weighted by atomic mass is 79.9. The monoisotopic (exact) mass is 409 g/mol. The maximum Gasteiger partial charge on any atom is 0.191 e. The van der Waals surface area contributed by atoms with Gasteiger partial charge in [0.25, 0.3) is 0 Å². The van der Waals surface area contributed by atoms with Crippen LogP contribution < -0.4 is 10.6 Å². The predicted molar refractivity (Wildman–Crippen MR) is 109 cm³/mol. The van der Waals surface area contributed by atoms with Gasteiger partial charge in [0.15, 0.2) is 5.96 Å². The molecule has 0 aliphatic heterocycles. The molecule has 4 nitrogen and oxygen atoms in total. The summed E-state index contributed by atoms with van der Waals surface area (Å²) in [6.07, 6.45) is 5.85. The van der Waals surface area contributed by atoms with Gasteiger partial charge in [0.05, 0.1) is 6.10 Å². The summed E-state index contributed by atoms with van der Waals surface area (Å²) < 4.78 is 1.14. The molecule has 0 spiro atoms. The Balaban J connectivity index is 1.91. The number of benzene rings is 1. The van der Waals surface area contributed by atoms with E-state index >= 15 is 0 Å². The third-order valence-corrected chi connectivity index (χ3v) is 5.37. The van der Waals surface area contributed by atoms with Crippen LogP contribution in [0, 0.1) is 5.92 Å². The lowest BCUT2D eigenvalue weighted by atomic mass is 9.93. The lowest BCUT2D eigenvalue weighted by molar-refractivity contribution is 0.120. The quantitative estimate of drug-likeness (QED) is 0.473. The first kappa shape index (κ1) is 20.2. The molecule has 1 aliphatic rings. The fourth-order valence-corrected chi connectivity index (χ4v) is 3.74. The van der Waals surface area contributed by atoms with Crippen molar-refractivity contribution in [3.05, 3.63) is 34.3 Å². The zero-order chi connectivity index (χ0) is 18.1. The summed E-state index contributed by atoms with van der Waals surface area (Å²) >= 11 is 3.55. The molecule has 0 aromatic heterocycles. The van der Waals surface area contributed by atoms with Crippen LogP contribution in [0.25, 0.3) is 0 Å². The van der Waals surface area contributed by atoms with Gasteiger partial charge in [-0.1, -0.05) is 41.4 Å². The second kappa shape index (κ2) is 10.8. The maximum atomic E-state index is 9.66. The normalized spacial score (nSPS) is 22.5. The molecule has 5 heteroatoms. The van der Waals surface area contributed by atoms with Crippen molar-refractivity contribution in [3.63, 3.8) is 0 Å². The van der Waals surface area contributed by atoms with E-state index in [4.69, 9.17) is 4.99 Å². The predicted octanol–water partition coefficient (Wildman–Crippen LogP) is 3.88. The van der Waals surface area contributed by atoms with Gasteiger partial charge in [-0.05, 0) is 62.6 Å². The topological polar surface area (TPSA) is 56.7 Å². The first-order valence-electron chi connectivity index (χ1n) is 9.58. The molecule has 1 aromatic rings. The van der Waals surface area contributed by atoms with Gasteiger partial charge in [-0.2, -0.15) is 0 Å². The standard InChI is InChI=1S/C20H32BrN3O/c1-3-15(12-16-6-5-7-17(21)13-16)14-23-20(22-4-2)24-18-8-10-19(25)11-9-18/h5-7,13,15,18-19,25H,3-4,8-12,14H2,1-2H3,(H2,22,23,24). The average Bonchev–Trinajstić information content (AvgIpc) is 2.60. The van der Waals surface area contributed by atoms with Gasteiger partial charge >= 0.3 is 0 Å². The van der Waals surface area contributed by atoms with Gasteiger partial charge in [0.1, 0.15) is 0 Å². The SMILES string of the molecule is CCNC(=NCC(CC)Cc1cccc(Br)c1)NC1CCC(O)CC1. The fourth-order valence-electron chi connectivity index (χ4n) is 3.29. The molecule has 25 heavy (non-hydrogen) atoms. The van der Waals surface area contributed by atoms with Gasteiger partial charge in [0.2, 0.25) is 0 Å². The van der Waals surface area contributed by atoms with Crippen LogP contribution in [0.15, 0.2) is 33.7 Å². The van der Waals surface area contributed by atoms with Crippen molar-refractivity contribution in [1.82, 2.24) is 10.6 Å². The van der Waals surface area contributed by atoms with E-state index in [1.807, 2.05) is 0 Å². The summed E-state index contributed by atoms with van der Waals surface area (Å²) in [5.74, 6) is 1.45. The van der Waals surface area contributed by atoms with Crippen LogP contribution >= 0.6 is 15.9 Å². The smallest absolute Gasteiger partial charge is 0.191 e. The van der Waals surface area contributed by atoms with E-state index in [-0.39, 0.29) is 6.10 Å². The molecule has 1 aromatic carbocycles. The summed E-state index contributed by atoms with van der Waals surface area (Å²) in [5, 5.41) is 16.6. The van der Waals surface area contributed by atoms with Gasteiger partial charge < -0.3 is 15.7 Å². The zero-order valence-electron chi connectivity index (χ0n) is 15.5. The Labute approximate surface area is 160 Å². The van der Waals surface area contributed by atoms with Crippen LogP contribution in [0.3, 0.4) is 0 Å². The number of nitrogens with one attached hydrogen (secondary N) is 2. The molecule has 1 unspecified atom stereocenters. The minimum Gasteiger partial charge on any atom is -0.393 e. The van der Waals surface area contributed by atoms with Crippen molar-refractivity contribution in [3.8, 4) is 0 Å². The first-order valence-corrected chi connectivity index (χ1v) is 10.4. The minimum atomic E-state index is -0.118. The van der Waals surface area contributed by atoms with Crippen LogP contribution in [0.5, 0.6) is 0 Å². The fraction of sp³-hybridized carbons (Fsp3) is 0.650. The summed E-state index contributed by atoms with van der Waals surface area (Å²) in [6, 6.07) is 8.97. The van der Waals surface area contributed by atoms with E-state index in [9.17, 15) is 5.11 Å². The molecule has 1 fully saturated rings. The van der Waals surface area contributed by atoms with Crippen molar-refractivity contribution in [1.29, 1.82) is 0 Å². The molecular formula is C20H32BrN3O. The van der Waals surface area contributed by atoms with E-state index in [1.54, 1.807) is 0 Å². The number of nitrogens with zero attached hydrogens (tertiary/aromatic N) is 1. The summed E-state index contributed by atoms with van der Waals surface area (Å²) in [7, 11) is 0. The average molecular weight is 410 g/mol. The molecule has 1 saturated carbocycles. The molecule has 0 heterocycles. The Morgan fingerprint density at radius 1 is 1.28 bits per heavy atom. The van der Waals surface area contributed by atoms with Crippen molar-refractivity contribution >= 4 is 21.9 Å². The van der Waals surface area contributed by atoms with Gasteiger partial charge in [-0.3, -0.25) is 4.99 Å². The van der Waals surface area contributed by atoms with Crippen molar-refractivity contribution in [2.45, 2.75) is 64.5 Å². The van der Waals surface area contributed by atoms with E-state index in [1.165, 1.54) is 5.56 Å². The van der Waals surface area contributed by atoms with E-state index in [2.05, 4.69) is 64.7 Å². The Hall–Kier alpha value is -1.07.